The second-order valence-corrected chi connectivity index (χ2v) is 8.24. The highest BCUT2D eigenvalue weighted by Gasteiger charge is 2.23. The fraction of sp³-hybridized carbons (Fsp3) is 0.222. The number of aromatic nitrogens is 1. The molecule has 32 heavy (non-hydrogen) atoms. The Morgan fingerprint density at radius 2 is 1.72 bits per heavy atom. The number of nitrogens with zero attached hydrogens (tertiary/aromatic N) is 1. The fourth-order valence-electron chi connectivity index (χ4n) is 4.12. The quantitative estimate of drug-likeness (QED) is 0.364. The number of benzene rings is 3. The van der Waals surface area contributed by atoms with Gasteiger partial charge in [-0.2, -0.15) is 0 Å². The van der Waals surface area contributed by atoms with Crippen LogP contribution in [0.15, 0.2) is 66.7 Å². The molecular weight excluding hydrogens is 403 g/mol. The lowest BCUT2D eigenvalue weighted by Crippen LogP contribution is -2.19. The first kappa shape index (κ1) is 21.8. The van der Waals surface area contributed by atoms with E-state index in [2.05, 4.69) is 36.5 Å². The minimum absolute atomic E-state index is 0.164. The monoisotopic (exact) mass is 430 g/mol. The van der Waals surface area contributed by atoms with Crippen LogP contribution in [-0.4, -0.2) is 22.2 Å². The molecule has 164 valence electrons. The second-order valence-electron chi connectivity index (χ2n) is 8.24. The average Bonchev–Trinajstić information content (AvgIpc) is 3.07. The van der Waals surface area contributed by atoms with Crippen molar-refractivity contribution in [1.29, 1.82) is 0 Å². The maximum absolute atomic E-state index is 14.4. The number of carboxylic acids is 1. The lowest BCUT2D eigenvalue weighted by Gasteiger charge is -2.11. The van der Waals surface area contributed by atoms with Gasteiger partial charge in [-0.15, -0.1) is 0 Å². The number of carbonyl (C=O) groups is 1. The first-order valence-electron chi connectivity index (χ1n) is 10.8. The van der Waals surface area contributed by atoms with Crippen LogP contribution in [0.2, 0.25) is 0 Å². The molecule has 1 aromatic heterocycles. The van der Waals surface area contributed by atoms with Gasteiger partial charge < -0.3 is 15.0 Å². The van der Waals surface area contributed by atoms with Gasteiger partial charge in [0.25, 0.3) is 0 Å². The van der Waals surface area contributed by atoms with Crippen molar-refractivity contribution in [3.63, 3.8) is 0 Å². The Morgan fingerprint density at radius 3 is 2.44 bits per heavy atom. The van der Waals surface area contributed by atoms with Gasteiger partial charge >= 0.3 is 5.97 Å². The van der Waals surface area contributed by atoms with Crippen LogP contribution in [0.25, 0.3) is 10.9 Å². The van der Waals surface area contributed by atoms with Crippen LogP contribution in [0.5, 0.6) is 0 Å². The van der Waals surface area contributed by atoms with Gasteiger partial charge in [0.2, 0.25) is 0 Å². The molecule has 0 radical (unpaired) electrons. The highest BCUT2D eigenvalue weighted by atomic mass is 19.1. The Morgan fingerprint density at radius 1 is 1.00 bits per heavy atom. The van der Waals surface area contributed by atoms with Crippen LogP contribution in [0.4, 0.5) is 4.39 Å². The van der Waals surface area contributed by atoms with Crippen molar-refractivity contribution < 1.29 is 14.3 Å². The molecule has 4 rings (SSSR count). The average molecular weight is 431 g/mol. The summed E-state index contributed by atoms with van der Waals surface area (Å²) in [5, 5.41) is 14.4. The van der Waals surface area contributed by atoms with Gasteiger partial charge in [0, 0.05) is 28.6 Å². The highest BCUT2D eigenvalue weighted by Crippen LogP contribution is 2.29. The largest absolute Gasteiger partial charge is 0.477 e. The summed E-state index contributed by atoms with van der Waals surface area (Å²) in [7, 11) is 0. The molecule has 0 spiro atoms. The zero-order chi connectivity index (χ0) is 22.7. The molecular formula is C27H27FN2O2. The van der Waals surface area contributed by atoms with E-state index < -0.39 is 5.97 Å². The number of hydrogen-bond acceptors (Lipinski definition) is 2. The summed E-state index contributed by atoms with van der Waals surface area (Å²) < 4.78 is 16.1. The van der Waals surface area contributed by atoms with Gasteiger partial charge in [0.15, 0.2) is 0 Å². The molecule has 0 fully saturated rings. The Hall–Kier alpha value is -3.44. The van der Waals surface area contributed by atoms with Crippen LogP contribution in [0.3, 0.4) is 0 Å². The van der Waals surface area contributed by atoms with Gasteiger partial charge in [0.1, 0.15) is 11.5 Å². The van der Waals surface area contributed by atoms with Crippen molar-refractivity contribution in [3.8, 4) is 0 Å². The number of fused-ring (bicyclic) bond motifs is 1. The van der Waals surface area contributed by atoms with E-state index in [1.165, 1.54) is 17.2 Å². The first-order chi connectivity index (χ1) is 15.4. The molecule has 0 aliphatic rings. The molecule has 0 amide bonds. The summed E-state index contributed by atoms with van der Waals surface area (Å²) in [6.45, 7) is 5.36. The molecule has 4 nitrogen and oxygen atoms in total. The molecule has 0 saturated carbocycles. The molecule has 1 heterocycles. The van der Waals surface area contributed by atoms with E-state index >= 15 is 0 Å². The van der Waals surface area contributed by atoms with E-state index in [4.69, 9.17) is 0 Å². The van der Waals surface area contributed by atoms with Crippen molar-refractivity contribution in [2.45, 2.75) is 33.4 Å². The number of aryl methyl sites for hydroxylation is 2. The lowest BCUT2D eigenvalue weighted by atomic mass is 10.1. The topological polar surface area (TPSA) is 54.3 Å². The van der Waals surface area contributed by atoms with Crippen LogP contribution in [0.1, 0.15) is 38.3 Å². The normalized spacial score (nSPS) is 11.2. The fourth-order valence-corrected chi connectivity index (χ4v) is 4.12. The predicted octanol–water partition coefficient (Wildman–Crippen LogP) is 5.48. The molecule has 0 aliphatic carbocycles. The molecule has 5 heteroatoms. The van der Waals surface area contributed by atoms with Gasteiger partial charge in [-0.1, -0.05) is 60.2 Å². The summed E-state index contributed by atoms with van der Waals surface area (Å²) in [5.41, 5.74) is 5.70. The van der Waals surface area contributed by atoms with E-state index in [0.29, 0.717) is 12.1 Å². The molecule has 0 unspecified atom stereocenters. The Labute approximate surface area is 187 Å². The molecule has 0 atom stereocenters. The molecule has 4 aromatic rings. The maximum atomic E-state index is 14.4. The number of rotatable bonds is 8. The number of aromatic carboxylic acids is 1. The summed E-state index contributed by atoms with van der Waals surface area (Å²) in [6.07, 6.45) is 0.857. The van der Waals surface area contributed by atoms with E-state index in [9.17, 15) is 14.3 Å². The van der Waals surface area contributed by atoms with Crippen molar-refractivity contribution in [3.05, 3.63) is 106 Å². The minimum Gasteiger partial charge on any atom is -0.477 e. The van der Waals surface area contributed by atoms with Crippen molar-refractivity contribution in [2.75, 3.05) is 6.54 Å². The SMILES string of the molecule is Cc1ccc(CCNCc2c(C(=O)O)n(Cc3ccccc3F)c3cc(C)ccc23)cc1. The molecule has 0 saturated heterocycles. The third-order valence-electron chi connectivity index (χ3n) is 5.83. The van der Waals surface area contributed by atoms with Crippen LogP contribution in [0, 0.1) is 19.7 Å². The third kappa shape index (κ3) is 4.58. The standard InChI is InChI=1S/C27H27FN2O2/c1-18-7-10-20(11-8-18)13-14-29-16-23-22-12-9-19(2)15-25(22)30(26(23)27(31)32)17-21-5-3-4-6-24(21)28/h3-12,15,29H,13-14,16-17H2,1-2H3,(H,31,32). The van der Waals surface area contributed by atoms with Crippen molar-refractivity contribution in [2.24, 2.45) is 0 Å². The summed E-state index contributed by atoms with van der Waals surface area (Å²) in [5.74, 6) is -1.35. The van der Waals surface area contributed by atoms with Gasteiger partial charge in [-0.25, -0.2) is 9.18 Å². The van der Waals surface area contributed by atoms with Crippen molar-refractivity contribution >= 4 is 16.9 Å². The zero-order valence-corrected chi connectivity index (χ0v) is 18.4. The highest BCUT2D eigenvalue weighted by molar-refractivity contribution is 5.98. The maximum Gasteiger partial charge on any atom is 0.352 e. The summed E-state index contributed by atoms with van der Waals surface area (Å²) in [4.78, 5) is 12.3. The number of nitrogens with one attached hydrogen (secondary N) is 1. The second kappa shape index (κ2) is 9.37. The number of halogens is 1. The van der Waals surface area contributed by atoms with Crippen LogP contribution >= 0.6 is 0 Å². The van der Waals surface area contributed by atoms with E-state index in [1.807, 2.05) is 25.1 Å². The first-order valence-corrected chi connectivity index (χ1v) is 10.8. The Bertz CT molecular complexity index is 1260. The van der Waals surface area contributed by atoms with Crippen LogP contribution < -0.4 is 5.32 Å². The molecule has 3 aromatic carbocycles. The Balaban J connectivity index is 1.65. The molecule has 0 bridgehead atoms. The Kier molecular flexibility index (Phi) is 6.37. The van der Waals surface area contributed by atoms with E-state index in [0.717, 1.165) is 35.0 Å². The zero-order valence-electron chi connectivity index (χ0n) is 18.4. The van der Waals surface area contributed by atoms with E-state index in [-0.39, 0.29) is 18.1 Å². The third-order valence-corrected chi connectivity index (χ3v) is 5.83. The predicted molar refractivity (Wildman–Crippen MR) is 126 cm³/mol. The van der Waals surface area contributed by atoms with Gasteiger partial charge in [-0.3, -0.25) is 0 Å². The van der Waals surface area contributed by atoms with Gasteiger partial charge in [-0.05, 0) is 50.1 Å². The van der Waals surface area contributed by atoms with Gasteiger partial charge in [0.05, 0.1) is 6.54 Å². The summed E-state index contributed by atoms with van der Waals surface area (Å²) >= 11 is 0. The lowest BCUT2D eigenvalue weighted by molar-refractivity contribution is 0.0684. The minimum atomic E-state index is -1.01. The molecule has 0 aliphatic heterocycles. The number of hydrogen-bond donors (Lipinski definition) is 2. The van der Waals surface area contributed by atoms with Crippen LogP contribution in [-0.2, 0) is 19.5 Å². The van der Waals surface area contributed by atoms with E-state index in [1.54, 1.807) is 22.8 Å². The molecule has 2 N–H and O–H groups in total. The smallest absolute Gasteiger partial charge is 0.352 e. The number of carboxylic acid groups (broad SMARTS) is 1. The van der Waals surface area contributed by atoms with Crippen molar-refractivity contribution in [1.82, 2.24) is 9.88 Å². The summed E-state index contributed by atoms with van der Waals surface area (Å²) in [6, 6.07) is 20.8.